The molecule has 3 aromatic rings. The van der Waals surface area contributed by atoms with Crippen molar-refractivity contribution in [3.05, 3.63) is 69.6 Å². The van der Waals surface area contributed by atoms with E-state index in [1.165, 1.54) is 28.5 Å². The number of Topliss-reactive ketones (excluding diaryl/α,β-unsaturated/α-hetero) is 1. The van der Waals surface area contributed by atoms with Crippen LogP contribution in [0.3, 0.4) is 0 Å². The van der Waals surface area contributed by atoms with Crippen LogP contribution >= 0.6 is 11.8 Å². The Hall–Kier alpha value is -2.60. The molecule has 0 aliphatic heterocycles. The van der Waals surface area contributed by atoms with Gasteiger partial charge in [0.15, 0.2) is 12.4 Å². The van der Waals surface area contributed by atoms with Gasteiger partial charge in [0, 0.05) is 5.56 Å². The molecule has 3 rings (SSSR count). The molecule has 0 aliphatic rings. The van der Waals surface area contributed by atoms with Crippen LogP contribution in [0.5, 0.6) is 5.75 Å². The number of rotatable bonds is 7. The molecule has 0 N–H and O–H groups in total. The molecule has 0 amide bonds. The van der Waals surface area contributed by atoms with Gasteiger partial charge >= 0.3 is 0 Å². The first kappa shape index (κ1) is 20.1. The van der Waals surface area contributed by atoms with Crippen molar-refractivity contribution in [1.82, 2.24) is 10.2 Å². The minimum Gasteiger partial charge on any atom is -0.484 e. The fraction of sp³-hybridized carbons (Fsp3) is 0.318. The van der Waals surface area contributed by atoms with Gasteiger partial charge in [0.05, 0.1) is 5.75 Å². The summed E-state index contributed by atoms with van der Waals surface area (Å²) in [6.45, 7) is 10.4. The Labute approximate surface area is 169 Å². The van der Waals surface area contributed by atoms with Crippen LogP contribution in [0.2, 0.25) is 0 Å². The number of hydrogen-bond donors (Lipinski definition) is 0. The summed E-state index contributed by atoms with van der Waals surface area (Å²) in [5, 5.41) is 8.35. The number of hydrogen-bond acceptors (Lipinski definition) is 6. The van der Waals surface area contributed by atoms with Crippen LogP contribution in [0, 0.1) is 34.6 Å². The first-order valence-electron chi connectivity index (χ1n) is 9.10. The highest BCUT2D eigenvalue weighted by Gasteiger charge is 2.16. The predicted octanol–water partition coefficient (Wildman–Crippen LogP) is 5.17. The molecule has 6 heteroatoms. The molecule has 0 spiro atoms. The molecule has 0 bridgehead atoms. The first-order valence-corrected chi connectivity index (χ1v) is 10.1. The van der Waals surface area contributed by atoms with E-state index in [4.69, 9.17) is 9.15 Å². The fourth-order valence-electron chi connectivity index (χ4n) is 2.84. The van der Waals surface area contributed by atoms with Crippen molar-refractivity contribution in [2.45, 2.75) is 46.4 Å². The second-order valence-corrected chi connectivity index (χ2v) is 7.82. The van der Waals surface area contributed by atoms with Gasteiger partial charge in [-0.3, -0.25) is 4.79 Å². The number of aromatic nitrogens is 2. The molecular weight excluding hydrogens is 372 g/mol. The molecule has 0 unspecified atom stereocenters. The predicted molar refractivity (Wildman–Crippen MR) is 110 cm³/mol. The Kier molecular flexibility index (Phi) is 6.19. The number of ether oxygens (including phenoxy) is 1. The Morgan fingerprint density at radius 1 is 1.00 bits per heavy atom. The minimum absolute atomic E-state index is 0.0596. The van der Waals surface area contributed by atoms with Crippen molar-refractivity contribution in [3.8, 4) is 5.75 Å². The zero-order chi connectivity index (χ0) is 20.3. The number of carbonyl (C=O) groups excluding carboxylic acids is 1. The summed E-state index contributed by atoms with van der Waals surface area (Å²) in [5.41, 5.74) is 6.49. The summed E-state index contributed by atoms with van der Waals surface area (Å²) >= 11 is 1.25. The van der Waals surface area contributed by atoms with Crippen molar-refractivity contribution >= 4 is 17.5 Å². The second kappa shape index (κ2) is 8.61. The molecule has 0 saturated heterocycles. The van der Waals surface area contributed by atoms with Crippen LogP contribution in [-0.4, -0.2) is 21.7 Å². The SMILES string of the molecule is Cc1ccc(OCc2nnc(SCC(=O)c3cc(C)c(C)c(C)c3C)o2)cc1. The zero-order valence-corrected chi connectivity index (χ0v) is 17.6. The topological polar surface area (TPSA) is 65.2 Å². The van der Waals surface area contributed by atoms with Gasteiger partial charge in [-0.1, -0.05) is 29.5 Å². The van der Waals surface area contributed by atoms with Gasteiger partial charge in [-0.25, -0.2) is 0 Å². The van der Waals surface area contributed by atoms with Crippen LogP contribution in [-0.2, 0) is 6.61 Å². The lowest BCUT2D eigenvalue weighted by molar-refractivity contribution is 0.102. The standard InChI is InChI=1S/C22H24N2O3S/c1-13-6-8-18(9-7-13)26-11-21-23-24-22(27-21)28-12-20(25)19-10-14(2)15(3)16(4)17(19)5/h6-10H,11-12H2,1-5H3. The molecule has 0 atom stereocenters. The molecule has 2 aromatic carbocycles. The van der Waals surface area contributed by atoms with Gasteiger partial charge in [-0.2, -0.15) is 0 Å². The summed E-state index contributed by atoms with van der Waals surface area (Å²) in [6, 6.07) is 9.72. The van der Waals surface area contributed by atoms with E-state index in [1.807, 2.05) is 51.1 Å². The molecule has 1 heterocycles. The van der Waals surface area contributed by atoms with Crippen molar-refractivity contribution < 1.29 is 13.9 Å². The summed E-state index contributed by atoms with van der Waals surface area (Å²) < 4.78 is 11.2. The highest BCUT2D eigenvalue weighted by molar-refractivity contribution is 7.99. The number of nitrogens with zero attached hydrogens (tertiary/aromatic N) is 2. The molecule has 5 nitrogen and oxygen atoms in total. The number of thioether (sulfide) groups is 1. The van der Waals surface area contributed by atoms with E-state index < -0.39 is 0 Å². The van der Waals surface area contributed by atoms with Gasteiger partial charge in [-0.15, -0.1) is 10.2 Å². The molecule has 0 fully saturated rings. The summed E-state index contributed by atoms with van der Waals surface area (Å²) in [6.07, 6.45) is 0. The molecule has 0 radical (unpaired) electrons. The molecule has 1 aromatic heterocycles. The average molecular weight is 397 g/mol. The monoisotopic (exact) mass is 396 g/mol. The van der Waals surface area contributed by atoms with Crippen molar-refractivity contribution in [2.75, 3.05) is 5.75 Å². The van der Waals surface area contributed by atoms with Gasteiger partial charge in [0.25, 0.3) is 11.1 Å². The Morgan fingerprint density at radius 2 is 1.71 bits per heavy atom. The lowest BCUT2D eigenvalue weighted by atomic mass is 9.93. The maximum Gasteiger partial charge on any atom is 0.277 e. The number of carbonyl (C=O) groups is 1. The van der Waals surface area contributed by atoms with Gasteiger partial charge < -0.3 is 9.15 Å². The molecule has 0 saturated carbocycles. The molecular formula is C22H24N2O3S. The Balaban J connectivity index is 1.58. The third-order valence-electron chi connectivity index (χ3n) is 4.94. The van der Waals surface area contributed by atoms with Crippen molar-refractivity contribution in [3.63, 3.8) is 0 Å². The van der Waals surface area contributed by atoms with E-state index in [-0.39, 0.29) is 18.1 Å². The Morgan fingerprint density at radius 3 is 2.43 bits per heavy atom. The summed E-state index contributed by atoms with van der Waals surface area (Å²) in [4.78, 5) is 12.7. The maximum absolute atomic E-state index is 12.7. The smallest absolute Gasteiger partial charge is 0.277 e. The van der Waals surface area contributed by atoms with Crippen LogP contribution in [0.15, 0.2) is 40.0 Å². The second-order valence-electron chi connectivity index (χ2n) is 6.89. The van der Waals surface area contributed by atoms with Crippen molar-refractivity contribution in [1.29, 1.82) is 0 Å². The largest absolute Gasteiger partial charge is 0.484 e. The van der Waals surface area contributed by atoms with E-state index in [0.29, 0.717) is 11.1 Å². The van der Waals surface area contributed by atoms with Gasteiger partial charge in [0.1, 0.15) is 5.75 Å². The highest BCUT2D eigenvalue weighted by Crippen LogP contribution is 2.24. The third kappa shape index (κ3) is 4.62. The van der Waals surface area contributed by atoms with E-state index in [0.717, 1.165) is 22.4 Å². The molecule has 28 heavy (non-hydrogen) atoms. The van der Waals surface area contributed by atoms with E-state index in [1.54, 1.807) is 0 Å². The molecule has 0 aliphatic carbocycles. The third-order valence-corrected chi connectivity index (χ3v) is 5.76. The van der Waals surface area contributed by atoms with E-state index >= 15 is 0 Å². The van der Waals surface area contributed by atoms with Crippen LogP contribution in [0.4, 0.5) is 0 Å². The van der Waals surface area contributed by atoms with Crippen LogP contribution in [0.25, 0.3) is 0 Å². The van der Waals surface area contributed by atoms with Crippen LogP contribution in [0.1, 0.15) is 44.1 Å². The Bertz CT molecular complexity index is 994. The van der Waals surface area contributed by atoms with Gasteiger partial charge in [-0.05, 0) is 75.1 Å². The van der Waals surface area contributed by atoms with Crippen LogP contribution < -0.4 is 4.74 Å². The maximum atomic E-state index is 12.7. The van der Waals surface area contributed by atoms with Gasteiger partial charge in [0.2, 0.25) is 0 Å². The lowest BCUT2D eigenvalue weighted by Gasteiger charge is -2.13. The van der Waals surface area contributed by atoms with E-state index in [2.05, 4.69) is 24.0 Å². The first-order chi connectivity index (χ1) is 13.3. The number of ketones is 1. The number of benzene rings is 2. The quantitative estimate of drug-likeness (QED) is 0.406. The minimum atomic E-state index is 0.0596. The average Bonchev–Trinajstić information content (AvgIpc) is 3.14. The normalized spacial score (nSPS) is 10.9. The summed E-state index contributed by atoms with van der Waals surface area (Å²) in [5.74, 6) is 1.44. The highest BCUT2D eigenvalue weighted by atomic mass is 32.2. The lowest BCUT2D eigenvalue weighted by Crippen LogP contribution is -2.08. The van der Waals surface area contributed by atoms with Crippen molar-refractivity contribution in [2.24, 2.45) is 0 Å². The number of aryl methyl sites for hydroxylation is 2. The molecule has 146 valence electrons. The fourth-order valence-corrected chi connectivity index (χ4v) is 3.50. The zero-order valence-electron chi connectivity index (χ0n) is 16.8. The van der Waals surface area contributed by atoms with E-state index in [9.17, 15) is 4.79 Å². The summed E-state index contributed by atoms with van der Waals surface area (Å²) in [7, 11) is 0.